The van der Waals surface area contributed by atoms with Crippen molar-refractivity contribution >= 4 is 21.8 Å². The third kappa shape index (κ3) is 5.48. The van der Waals surface area contributed by atoms with Gasteiger partial charge < -0.3 is 4.57 Å². The summed E-state index contributed by atoms with van der Waals surface area (Å²) in [7, 11) is 0. The van der Waals surface area contributed by atoms with Crippen molar-refractivity contribution in [1.82, 2.24) is 19.5 Å². The monoisotopic (exact) mass is 742 g/mol. The molecule has 2 heterocycles. The standard InChI is InChI=1S/C54H38N4/c1-54(2)47-27-13-12-24-42(47)45-33-39(28-30-48(45)54)40-29-31-49-46(34-40)43-25-15-26-44(50(43)58(49)41-23-14-22-38(32-41)35-16-6-3-7-17-35)53-56-51(36-18-8-4-9-19-36)55-52(57-53)37-20-10-5-11-21-37/h3-34H,1-2H3. The van der Waals surface area contributed by atoms with Crippen LogP contribution in [0.3, 0.4) is 0 Å². The fourth-order valence-electron chi connectivity index (χ4n) is 8.98. The number of hydrogen-bond acceptors (Lipinski definition) is 3. The molecule has 0 atom stereocenters. The van der Waals surface area contributed by atoms with E-state index in [4.69, 9.17) is 15.0 Å². The molecule has 1 aliphatic rings. The fraction of sp³-hybridized carbons (Fsp3) is 0.0556. The van der Waals surface area contributed by atoms with E-state index < -0.39 is 0 Å². The van der Waals surface area contributed by atoms with Crippen LogP contribution in [0.2, 0.25) is 0 Å². The highest BCUT2D eigenvalue weighted by Crippen LogP contribution is 2.50. The zero-order valence-corrected chi connectivity index (χ0v) is 32.3. The summed E-state index contributed by atoms with van der Waals surface area (Å²) in [5.74, 6) is 1.90. The quantitative estimate of drug-likeness (QED) is 0.170. The van der Waals surface area contributed by atoms with Crippen molar-refractivity contribution in [2.75, 3.05) is 0 Å². The summed E-state index contributed by atoms with van der Waals surface area (Å²) in [6.07, 6.45) is 0. The van der Waals surface area contributed by atoms with Crippen molar-refractivity contribution in [3.63, 3.8) is 0 Å². The molecular weight excluding hydrogens is 705 g/mol. The number of fused-ring (bicyclic) bond motifs is 6. The van der Waals surface area contributed by atoms with Gasteiger partial charge >= 0.3 is 0 Å². The largest absolute Gasteiger partial charge is 0.308 e. The maximum absolute atomic E-state index is 5.21. The molecule has 4 nitrogen and oxygen atoms in total. The summed E-state index contributed by atoms with van der Waals surface area (Å²) in [4.78, 5) is 15.4. The highest BCUT2D eigenvalue weighted by atomic mass is 15.0. The first kappa shape index (κ1) is 33.9. The highest BCUT2D eigenvalue weighted by Gasteiger charge is 2.35. The second-order valence-electron chi connectivity index (χ2n) is 15.7. The zero-order valence-electron chi connectivity index (χ0n) is 32.3. The Hall–Kier alpha value is -7.43. The molecule has 0 saturated carbocycles. The van der Waals surface area contributed by atoms with Crippen molar-refractivity contribution in [2.45, 2.75) is 19.3 Å². The minimum absolute atomic E-state index is 0.0394. The van der Waals surface area contributed by atoms with Crippen molar-refractivity contribution < 1.29 is 0 Å². The Labute approximate surface area is 337 Å². The molecule has 0 amide bonds. The van der Waals surface area contributed by atoms with E-state index in [0.717, 1.165) is 44.4 Å². The number of hydrogen-bond donors (Lipinski definition) is 0. The molecule has 0 aliphatic heterocycles. The minimum atomic E-state index is -0.0394. The van der Waals surface area contributed by atoms with Gasteiger partial charge in [0.25, 0.3) is 0 Å². The van der Waals surface area contributed by atoms with Gasteiger partial charge in [0.1, 0.15) is 0 Å². The lowest BCUT2D eigenvalue weighted by molar-refractivity contribution is 0.660. The van der Waals surface area contributed by atoms with Crippen LogP contribution in [0.1, 0.15) is 25.0 Å². The SMILES string of the molecule is CC1(C)c2ccccc2-c2cc(-c3ccc4c(c3)c3cccc(-c5nc(-c6ccccc6)nc(-c6ccccc6)n5)c3n4-c3cccc(-c4ccccc4)c3)ccc21. The normalized spacial score (nSPS) is 12.8. The Bertz CT molecular complexity index is 3120. The average molecular weight is 743 g/mol. The van der Waals surface area contributed by atoms with Gasteiger partial charge in [-0.05, 0) is 80.9 Å². The third-order valence-corrected chi connectivity index (χ3v) is 11.9. The van der Waals surface area contributed by atoms with E-state index in [9.17, 15) is 0 Å². The van der Waals surface area contributed by atoms with E-state index in [-0.39, 0.29) is 5.41 Å². The molecule has 0 fully saturated rings. The predicted octanol–water partition coefficient (Wildman–Crippen LogP) is 13.6. The van der Waals surface area contributed by atoms with Gasteiger partial charge in [0.05, 0.1) is 11.0 Å². The van der Waals surface area contributed by atoms with E-state index in [1.165, 1.54) is 44.3 Å². The molecule has 11 rings (SSSR count). The summed E-state index contributed by atoms with van der Waals surface area (Å²) in [6, 6.07) is 69.1. The van der Waals surface area contributed by atoms with Gasteiger partial charge in [-0.1, -0.05) is 172 Å². The van der Waals surface area contributed by atoms with Crippen LogP contribution in [0.4, 0.5) is 0 Å². The van der Waals surface area contributed by atoms with E-state index in [1.54, 1.807) is 0 Å². The Balaban J connectivity index is 1.17. The number of benzene rings is 8. The van der Waals surface area contributed by atoms with Crippen LogP contribution in [0, 0.1) is 0 Å². The van der Waals surface area contributed by atoms with Crippen molar-refractivity contribution in [1.29, 1.82) is 0 Å². The molecule has 4 heteroatoms. The lowest BCUT2D eigenvalue weighted by Crippen LogP contribution is -2.14. The van der Waals surface area contributed by atoms with Gasteiger partial charge in [-0.15, -0.1) is 0 Å². The smallest absolute Gasteiger partial charge is 0.166 e. The number of aromatic nitrogens is 4. The molecule has 0 N–H and O–H groups in total. The summed E-state index contributed by atoms with van der Waals surface area (Å²) < 4.78 is 2.39. The summed E-state index contributed by atoms with van der Waals surface area (Å²) in [6.45, 7) is 4.67. The van der Waals surface area contributed by atoms with Gasteiger partial charge in [0, 0.05) is 38.6 Å². The molecule has 1 aliphatic carbocycles. The number of nitrogens with zero attached hydrogens (tertiary/aromatic N) is 4. The number of rotatable bonds is 6. The molecule has 2 aromatic heterocycles. The van der Waals surface area contributed by atoms with E-state index in [0.29, 0.717) is 17.5 Å². The van der Waals surface area contributed by atoms with Gasteiger partial charge in [0.15, 0.2) is 17.5 Å². The molecule has 0 unspecified atom stereocenters. The first-order chi connectivity index (χ1) is 28.5. The maximum atomic E-state index is 5.21. The summed E-state index contributed by atoms with van der Waals surface area (Å²) in [5.41, 5.74) is 16.1. The van der Waals surface area contributed by atoms with E-state index in [1.807, 2.05) is 36.4 Å². The van der Waals surface area contributed by atoms with Crippen molar-refractivity contribution in [2.24, 2.45) is 0 Å². The van der Waals surface area contributed by atoms with E-state index in [2.05, 4.69) is 176 Å². The first-order valence-electron chi connectivity index (χ1n) is 19.9. The van der Waals surface area contributed by atoms with Crippen LogP contribution in [-0.4, -0.2) is 19.5 Å². The molecule has 10 aromatic rings. The molecule has 0 radical (unpaired) electrons. The van der Waals surface area contributed by atoms with Crippen molar-refractivity contribution in [3.8, 4) is 73.2 Å². The van der Waals surface area contributed by atoms with E-state index >= 15 is 0 Å². The molecule has 274 valence electrons. The molecular formula is C54H38N4. The summed E-state index contributed by atoms with van der Waals surface area (Å²) in [5, 5.41) is 2.30. The Morgan fingerprint density at radius 3 is 1.62 bits per heavy atom. The third-order valence-electron chi connectivity index (χ3n) is 11.9. The topological polar surface area (TPSA) is 43.6 Å². The second kappa shape index (κ2) is 13.4. The summed E-state index contributed by atoms with van der Waals surface area (Å²) >= 11 is 0. The number of para-hydroxylation sites is 1. The van der Waals surface area contributed by atoms with Gasteiger partial charge in [-0.2, -0.15) is 0 Å². The molecule has 8 aromatic carbocycles. The predicted molar refractivity (Wildman–Crippen MR) is 239 cm³/mol. The first-order valence-corrected chi connectivity index (χ1v) is 19.9. The van der Waals surface area contributed by atoms with Crippen LogP contribution in [0.25, 0.3) is 95.0 Å². The fourth-order valence-corrected chi connectivity index (χ4v) is 8.98. The van der Waals surface area contributed by atoms with Crippen LogP contribution < -0.4 is 0 Å². The molecule has 0 spiro atoms. The second-order valence-corrected chi connectivity index (χ2v) is 15.7. The molecule has 0 bridgehead atoms. The van der Waals surface area contributed by atoms with Crippen molar-refractivity contribution in [3.05, 3.63) is 205 Å². The van der Waals surface area contributed by atoms with Gasteiger partial charge in [-0.25, -0.2) is 15.0 Å². The maximum Gasteiger partial charge on any atom is 0.166 e. The average Bonchev–Trinajstić information content (AvgIpc) is 3.75. The van der Waals surface area contributed by atoms with Gasteiger partial charge in [-0.3, -0.25) is 0 Å². The van der Waals surface area contributed by atoms with Crippen LogP contribution in [0.15, 0.2) is 194 Å². The lowest BCUT2D eigenvalue weighted by Gasteiger charge is -2.21. The van der Waals surface area contributed by atoms with Gasteiger partial charge in [0.2, 0.25) is 0 Å². The van der Waals surface area contributed by atoms with Crippen LogP contribution >= 0.6 is 0 Å². The Morgan fingerprint density at radius 2 is 0.897 bits per heavy atom. The zero-order chi connectivity index (χ0) is 38.8. The molecule has 58 heavy (non-hydrogen) atoms. The Kier molecular flexibility index (Phi) is 7.80. The molecule has 0 saturated heterocycles. The van der Waals surface area contributed by atoms with Crippen LogP contribution in [0.5, 0.6) is 0 Å². The Morgan fingerprint density at radius 1 is 0.362 bits per heavy atom. The minimum Gasteiger partial charge on any atom is -0.308 e. The van der Waals surface area contributed by atoms with Crippen LogP contribution in [-0.2, 0) is 5.41 Å². The lowest BCUT2D eigenvalue weighted by atomic mass is 9.82. The highest BCUT2D eigenvalue weighted by molar-refractivity contribution is 6.14.